The molecule has 1 N–H and O–H groups in total. The smallest absolute Gasteiger partial charge is 0.411 e. The van der Waals surface area contributed by atoms with Gasteiger partial charge in [0.2, 0.25) is 0 Å². The SMILES string of the molecule is COC(=O)N/C(C(=O)OC)=C(/Br)[C@H](C)OCc1ccccc1. The van der Waals surface area contributed by atoms with Crippen LogP contribution in [-0.4, -0.2) is 32.4 Å². The molecule has 0 aliphatic rings. The first-order valence-electron chi connectivity index (χ1n) is 6.48. The highest BCUT2D eigenvalue weighted by molar-refractivity contribution is 9.11. The average molecular weight is 372 g/mol. The molecule has 7 heteroatoms. The molecule has 1 aromatic carbocycles. The third kappa shape index (κ3) is 5.50. The number of hydrogen-bond acceptors (Lipinski definition) is 5. The molecule has 0 aliphatic heterocycles. The highest BCUT2D eigenvalue weighted by Gasteiger charge is 2.22. The summed E-state index contributed by atoms with van der Waals surface area (Å²) in [5.74, 6) is -0.701. The Bertz CT molecular complexity index is 544. The number of ether oxygens (including phenoxy) is 3. The van der Waals surface area contributed by atoms with E-state index in [9.17, 15) is 9.59 Å². The lowest BCUT2D eigenvalue weighted by atomic mass is 10.2. The van der Waals surface area contributed by atoms with E-state index in [2.05, 4.69) is 30.7 Å². The van der Waals surface area contributed by atoms with Crippen molar-refractivity contribution < 1.29 is 23.8 Å². The van der Waals surface area contributed by atoms with E-state index >= 15 is 0 Å². The molecule has 0 spiro atoms. The largest absolute Gasteiger partial charge is 0.464 e. The standard InChI is InChI=1S/C15H18BrNO5/c1-10(22-9-11-7-5-4-6-8-11)12(16)13(14(18)20-2)17-15(19)21-3/h4-8,10H,9H2,1-3H3,(H,17,19)/b13-12+/t10-/m0/s1. The Kier molecular flexibility index (Phi) is 7.62. The summed E-state index contributed by atoms with van der Waals surface area (Å²) < 4.78 is 15.2. The number of benzene rings is 1. The summed E-state index contributed by atoms with van der Waals surface area (Å²) >= 11 is 3.27. The van der Waals surface area contributed by atoms with Gasteiger partial charge in [-0.2, -0.15) is 0 Å². The molecule has 6 nitrogen and oxygen atoms in total. The van der Waals surface area contributed by atoms with Crippen LogP contribution in [0, 0.1) is 0 Å². The molecule has 0 unspecified atom stereocenters. The second-order valence-corrected chi connectivity index (χ2v) is 5.12. The number of nitrogens with one attached hydrogen (secondary N) is 1. The van der Waals surface area contributed by atoms with E-state index < -0.39 is 18.2 Å². The molecular weight excluding hydrogens is 354 g/mol. The number of rotatable bonds is 6. The maximum absolute atomic E-state index is 11.7. The van der Waals surface area contributed by atoms with E-state index in [1.807, 2.05) is 30.3 Å². The van der Waals surface area contributed by atoms with Crippen LogP contribution in [0.15, 0.2) is 40.5 Å². The predicted molar refractivity (Wildman–Crippen MR) is 84.2 cm³/mol. The Morgan fingerprint density at radius 1 is 1.18 bits per heavy atom. The lowest BCUT2D eigenvalue weighted by molar-refractivity contribution is -0.136. The van der Waals surface area contributed by atoms with Crippen LogP contribution >= 0.6 is 15.9 Å². The van der Waals surface area contributed by atoms with Crippen molar-refractivity contribution in [3.05, 3.63) is 46.1 Å². The summed E-state index contributed by atoms with van der Waals surface area (Å²) in [5.41, 5.74) is 0.935. The Hall–Kier alpha value is -1.86. The normalized spacial score (nSPS) is 12.9. The van der Waals surface area contributed by atoms with Crippen LogP contribution in [0.2, 0.25) is 0 Å². The summed E-state index contributed by atoms with van der Waals surface area (Å²) in [4.78, 5) is 23.1. The van der Waals surface area contributed by atoms with Crippen LogP contribution < -0.4 is 5.32 Å². The van der Waals surface area contributed by atoms with Gasteiger partial charge in [0, 0.05) is 0 Å². The zero-order chi connectivity index (χ0) is 16.5. The van der Waals surface area contributed by atoms with E-state index in [0.717, 1.165) is 5.56 Å². The maximum atomic E-state index is 11.7. The average Bonchev–Trinajstić information content (AvgIpc) is 2.56. The first-order valence-corrected chi connectivity index (χ1v) is 7.27. The van der Waals surface area contributed by atoms with E-state index in [4.69, 9.17) is 4.74 Å². The number of carbonyl (C=O) groups excluding carboxylic acids is 2. The van der Waals surface area contributed by atoms with E-state index in [-0.39, 0.29) is 5.70 Å². The van der Waals surface area contributed by atoms with Crippen molar-refractivity contribution in [2.24, 2.45) is 0 Å². The minimum absolute atomic E-state index is 0.0603. The van der Waals surface area contributed by atoms with Gasteiger partial charge in [-0.3, -0.25) is 5.32 Å². The van der Waals surface area contributed by atoms with Gasteiger partial charge >= 0.3 is 12.1 Å². The third-order valence-corrected chi connectivity index (χ3v) is 3.78. The van der Waals surface area contributed by atoms with Gasteiger partial charge < -0.3 is 14.2 Å². The fourth-order valence-corrected chi connectivity index (χ4v) is 1.93. The molecule has 0 saturated carbocycles. The molecular formula is C15H18BrNO5. The molecule has 0 aliphatic carbocycles. The van der Waals surface area contributed by atoms with Gasteiger partial charge in [0.25, 0.3) is 0 Å². The minimum atomic E-state index is -0.771. The van der Waals surface area contributed by atoms with Crippen LogP contribution in [0.3, 0.4) is 0 Å². The fourth-order valence-electron chi connectivity index (χ4n) is 1.54. The molecule has 1 atom stereocenters. The van der Waals surface area contributed by atoms with E-state index in [1.165, 1.54) is 14.2 Å². The van der Waals surface area contributed by atoms with Crippen LogP contribution in [0.5, 0.6) is 0 Å². The first kappa shape index (κ1) is 18.2. The molecule has 0 saturated heterocycles. The van der Waals surface area contributed by atoms with E-state index in [0.29, 0.717) is 11.1 Å². The molecule has 0 aromatic heterocycles. The molecule has 0 radical (unpaired) electrons. The monoisotopic (exact) mass is 371 g/mol. The Balaban J connectivity index is 2.82. The molecule has 0 fully saturated rings. The second kappa shape index (κ2) is 9.22. The van der Waals surface area contributed by atoms with Gasteiger partial charge in [-0.25, -0.2) is 9.59 Å². The lowest BCUT2D eigenvalue weighted by Gasteiger charge is -2.16. The molecule has 22 heavy (non-hydrogen) atoms. The van der Waals surface area contributed by atoms with Crippen LogP contribution in [0.1, 0.15) is 12.5 Å². The number of halogens is 1. The van der Waals surface area contributed by atoms with E-state index in [1.54, 1.807) is 6.92 Å². The Labute approximate surface area is 137 Å². The van der Waals surface area contributed by atoms with Gasteiger partial charge in [0.1, 0.15) is 5.70 Å². The summed E-state index contributed by atoms with van der Waals surface area (Å²) in [6, 6.07) is 9.59. The number of esters is 1. The fraction of sp³-hybridized carbons (Fsp3) is 0.333. The van der Waals surface area contributed by atoms with Crippen molar-refractivity contribution in [2.75, 3.05) is 14.2 Å². The van der Waals surface area contributed by atoms with Crippen molar-refractivity contribution in [1.29, 1.82) is 0 Å². The van der Waals surface area contributed by atoms with Gasteiger partial charge in [0.05, 0.1) is 31.4 Å². The summed E-state index contributed by atoms with van der Waals surface area (Å²) in [5, 5.41) is 2.31. The molecule has 1 rings (SSSR count). The first-order chi connectivity index (χ1) is 10.5. The van der Waals surface area contributed by atoms with Gasteiger partial charge in [-0.1, -0.05) is 46.3 Å². The minimum Gasteiger partial charge on any atom is -0.464 e. The number of methoxy groups -OCH3 is 2. The summed E-state index contributed by atoms with van der Waals surface area (Å²) in [7, 11) is 2.42. The van der Waals surface area contributed by atoms with Gasteiger partial charge in [-0.15, -0.1) is 0 Å². The van der Waals surface area contributed by atoms with Crippen LogP contribution in [0.25, 0.3) is 0 Å². The van der Waals surface area contributed by atoms with Crippen molar-refractivity contribution >= 4 is 28.0 Å². The summed E-state index contributed by atoms with van der Waals surface area (Å²) in [6.45, 7) is 2.11. The molecule has 120 valence electrons. The molecule has 1 aromatic rings. The van der Waals surface area contributed by atoms with Crippen molar-refractivity contribution in [1.82, 2.24) is 5.32 Å². The van der Waals surface area contributed by atoms with Gasteiger partial charge in [-0.05, 0) is 12.5 Å². The van der Waals surface area contributed by atoms with Crippen LogP contribution in [-0.2, 0) is 25.6 Å². The highest BCUT2D eigenvalue weighted by Crippen LogP contribution is 2.20. The Morgan fingerprint density at radius 2 is 1.82 bits per heavy atom. The quantitative estimate of drug-likeness (QED) is 0.614. The van der Waals surface area contributed by atoms with Crippen molar-refractivity contribution in [2.45, 2.75) is 19.6 Å². The zero-order valence-electron chi connectivity index (χ0n) is 12.6. The number of alkyl carbamates (subject to hydrolysis) is 1. The molecule has 1 amide bonds. The number of hydrogen-bond donors (Lipinski definition) is 1. The highest BCUT2D eigenvalue weighted by atomic mass is 79.9. The third-order valence-electron chi connectivity index (χ3n) is 2.74. The lowest BCUT2D eigenvalue weighted by Crippen LogP contribution is -2.30. The summed E-state index contributed by atoms with van der Waals surface area (Å²) in [6.07, 6.45) is -1.24. The predicted octanol–water partition coefficient (Wildman–Crippen LogP) is 2.73. The molecule has 0 heterocycles. The number of carbonyl (C=O) groups is 2. The second-order valence-electron chi connectivity index (χ2n) is 4.27. The van der Waals surface area contributed by atoms with Crippen LogP contribution in [0.4, 0.5) is 4.79 Å². The Morgan fingerprint density at radius 3 is 2.36 bits per heavy atom. The molecule has 0 bridgehead atoms. The maximum Gasteiger partial charge on any atom is 0.411 e. The number of amides is 1. The van der Waals surface area contributed by atoms with Gasteiger partial charge in [0.15, 0.2) is 0 Å². The van der Waals surface area contributed by atoms with Crippen molar-refractivity contribution in [3.63, 3.8) is 0 Å². The topological polar surface area (TPSA) is 73.9 Å². The zero-order valence-corrected chi connectivity index (χ0v) is 14.2. The van der Waals surface area contributed by atoms with Crippen molar-refractivity contribution in [3.8, 4) is 0 Å².